The minimum atomic E-state index is -3.08. The molecule has 6 nitrogen and oxygen atoms in total. The highest BCUT2D eigenvalue weighted by molar-refractivity contribution is 7.91. The monoisotopic (exact) mass is 492 g/mol. The maximum atomic E-state index is 13.4. The highest BCUT2D eigenvalue weighted by atomic mass is 35.5. The molecule has 32 heavy (non-hydrogen) atoms. The Morgan fingerprint density at radius 1 is 1.16 bits per heavy atom. The summed E-state index contributed by atoms with van der Waals surface area (Å²) in [6, 6.07) is 11.7. The van der Waals surface area contributed by atoms with Crippen molar-refractivity contribution in [1.29, 1.82) is 0 Å². The fourth-order valence-electron chi connectivity index (χ4n) is 4.72. The van der Waals surface area contributed by atoms with E-state index in [-0.39, 0.29) is 41.8 Å². The van der Waals surface area contributed by atoms with Gasteiger partial charge in [-0.05, 0) is 37.5 Å². The number of nitrogens with zero attached hydrogens (tertiary/aromatic N) is 2. The molecule has 0 radical (unpaired) electrons. The number of carbonyl (C=O) groups excluding carboxylic acids is 2. The van der Waals surface area contributed by atoms with Crippen LogP contribution in [-0.2, 0) is 26.0 Å². The van der Waals surface area contributed by atoms with E-state index >= 15 is 0 Å². The van der Waals surface area contributed by atoms with E-state index in [1.165, 1.54) is 0 Å². The van der Waals surface area contributed by atoms with Crippen LogP contribution in [0.15, 0.2) is 36.4 Å². The number of benzene rings is 1. The van der Waals surface area contributed by atoms with Gasteiger partial charge in [0.1, 0.15) is 0 Å². The van der Waals surface area contributed by atoms with Crippen molar-refractivity contribution in [2.45, 2.75) is 44.3 Å². The largest absolute Gasteiger partial charge is 0.338 e. The summed E-state index contributed by atoms with van der Waals surface area (Å²) in [6.07, 6.45) is 2.62. The van der Waals surface area contributed by atoms with Crippen molar-refractivity contribution in [3.8, 4) is 10.4 Å². The summed E-state index contributed by atoms with van der Waals surface area (Å²) in [4.78, 5) is 31.7. The van der Waals surface area contributed by atoms with Gasteiger partial charge in [-0.15, -0.1) is 11.3 Å². The maximum Gasteiger partial charge on any atom is 0.228 e. The zero-order valence-corrected chi connectivity index (χ0v) is 20.0. The van der Waals surface area contributed by atoms with Crippen LogP contribution in [-0.4, -0.2) is 60.2 Å². The zero-order chi connectivity index (χ0) is 22.5. The molecular formula is C23H25ClN2O4S2. The highest BCUT2D eigenvalue weighted by Crippen LogP contribution is 2.37. The Labute approximate surface area is 197 Å². The van der Waals surface area contributed by atoms with Gasteiger partial charge in [0, 0.05) is 45.4 Å². The molecule has 9 heteroatoms. The maximum absolute atomic E-state index is 13.4. The van der Waals surface area contributed by atoms with Crippen molar-refractivity contribution in [3.05, 3.63) is 46.3 Å². The minimum Gasteiger partial charge on any atom is -0.338 e. The number of hydrogen-bond acceptors (Lipinski definition) is 5. The van der Waals surface area contributed by atoms with Crippen LogP contribution in [0, 0.1) is 5.92 Å². The zero-order valence-electron chi connectivity index (χ0n) is 17.6. The van der Waals surface area contributed by atoms with Crippen LogP contribution >= 0.6 is 22.9 Å². The van der Waals surface area contributed by atoms with Crippen LogP contribution in [0.3, 0.4) is 0 Å². The molecule has 2 atom stereocenters. The molecule has 2 amide bonds. The van der Waals surface area contributed by atoms with Gasteiger partial charge in [0.25, 0.3) is 0 Å². The summed E-state index contributed by atoms with van der Waals surface area (Å²) in [5.74, 6) is -0.337. The first-order chi connectivity index (χ1) is 15.3. The van der Waals surface area contributed by atoms with Gasteiger partial charge >= 0.3 is 0 Å². The lowest BCUT2D eigenvalue weighted by Crippen LogP contribution is -2.40. The van der Waals surface area contributed by atoms with Crippen LogP contribution < -0.4 is 0 Å². The molecule has 3 fully saturated rings. The lowest BCUT2D eigenvalue weighted by atomic mass is 10.1. The van der Waals surface area contributed by atoms with Gasteiger partial charge in [-0.3, -0.25) is 9.59 Å². The van der Waals surface area contributed by atoms with Gasteiger partial charge < -0.3 is 9.80 Å². The standard InChI is InChI=1S/C23H25ClN2O4S2/c24-20-4-2-1-3-19(20)21-8-7-18(31-21)13-26(16-5-6-16)23(28)15-11-22(27)25(12-15)17-9-10-32(29,30)14-17/h1-4,7-8,15-17H,5-6,9-14H2. The molecule has 5 rings (SSSR count). The van der Waals surface area contributed by atoms with Crippen LogP contribution in [0.4, 0.5) is 0 Å². The fraction of sp³-hybridized carbons (Fsp3) is 0.478. The molecule has 1 aliphatic carbocycles. The lowest BCUT2D eigenvalue weighted by molar-refractivity contribution is -0.137. The molecule has 1 aromatic heterocycles. The molecule has 2 saturated heterocycles. The van der Waals surface area contributed by atoms with Crippen LogP contribution in [0.2, 0.25) is 5.02 Å². The number of amides is 2. The Kier molecular flexibility index (Phi) is 5.80. The number of sulfone groups is 1. The Bertz CT molecular complexity index is 1160. The van der Waals surface area contributed by atoms with Gasteiger partial charge in [-0.1, -0.05) is 29.8 Å². The van der Waals surface area contributed by atoms with Gasteiger partial charge in [0.05, 0.1) is 24.0 Å². The molecule has 3 heterocycles. The molecule has 170 valence electrons. The predicted molar refractivity (Wildman–Crippen MR) is 125 cm³/mol. The number of likely N-dealkylation sites (tertiary alicyclic amines) is 1. The van der Waals surface area contributed by atoms with Gasteiger partial charge in [0.2, 0.25) is 11.8 Å². The topological polar surface area (TPSA) is 74.8 Å². The summed E-state index contributed by atoms with van der Waals surface area (Å²) >= 11 is 7.97. The number of hydrogen-bond donors (Lipinski definition) is 0. The molecule has 2 aliphatic heterocycles. The molecule has 1 aromatic carbocycles. The van der Waals surface area contributed by atoms with Crippen LogP contribution in [0.5, 0.6) is 0 Å². The smallest absolute Gasteiger partial charge is 0.228 e. The minimum absolute atomic E-state index is 0.0110. The first-order valence-corrected chi connectivity index (χ1v) is 14.0. The summed E-state index contributed by atoms with van der Waals surface area (Å²) < 4.78 is 23.7. The van der Waals surface area contributed by atoms with Crippen molar-refractivity contribution in [2.24, 2.45) is 5.92 Å². The van der Waals surface area contributed by atoms with Crippen LogP contribution in [0.25, 0.3) is 10.4 Å². The van der Waals surface area contributed by atoms with Gasteiger partial charge in [-0.25, -0.2) is 8.42 Å². The second-order valence-corrected chi connectivity index (χ2v) is 12.8. The van der Waals surface area contributed by atoms with Crippen molar-refractivity contribution in [1.82, 2.24) is 9.80 Å². The Morgan fingerprint density at radius 2 is 1.94 bits per heavy atom. The van der Waals surface area contributed by atoms with E-state index in [1.807, 2.05) is 41.3 Å². The number of rotatable bonds is 6. The predicted octanol–water partition coefficient (Wildman–Crippen LogP) is 3.60. The molecule has 0 bridgehead atoms. The molecular weight excluding hydrogens is 468 g/mol. The van der Waals surface area contributed by atoms with Crippen LogP contribution in [0.1, 0.15) is 30.6 Å². The molecule has 0 N–H and O–H groups in total. The SMILES string of the molecule is O=C1CC(C(=O)N(Cc2ccc(-c3ccccc3Cl)s2)C2CC2)CN1C1CCS(=O)(=O)C1. The van der Waals surface area contributed by atoms with Gasteiger partial charge in [-0.2, -0.15) is 0 Å². The first-order valence-electron chi connectivity index (χ1n) is 10.9. The van der Waals surface area contributed by atoms with Crippen molar-refractivity contribution < 1.29 is 18.0 Å². The summed E-state index contributed by atoms with van der Waals surface area (Å²) in [5.41, 5.74) is 0.985. The molecule has 0 spiro atoms. The number of halogens is 1. The van der Waals surface area contributed by atoms with E-state index < -0.39 is 15.8 Å². The van der Waals surface area contributed by atoms with E-state index in [4.69, 9.17) is 11.6 Å². The molecule has 2 unspecified atom stereocenters. The van der Waals surface area contributed by atoms with E-state index in [2.05, 4.69) is 0 Å². The fourth-order valence-corrected chi connectivity index (χ4v) is 7.79. The third-order valence-electron chi connectivity index (χ3n) is 6.55. The third kappa shape index (κ3) is 4.45. The quantitative estimate of drug-likeness (QED) is 0.617. The van der Waals surface area contributed by atoms with Crippen molar-refractivity contribution >= 4 is 44.6 Å². The average Bonchev–Trinajstić information content (AvgIpc) is 3.19. The summed E-state index contributed by atoms with van der Waals surface area (Å²) in [7, 11) is -3.08. The highest BCUT2D eigenvalue weighted by Gasteiger charge is 2.44. The van der Waals surface area contributed by atoms with Gasteiger partial charge in [0.15, 0.2) is 9.84 Å². The molecule has 3 aliphatic rings. The molecule has 2 aromatic rings. The Hall–Kier alpha value is -1.90. The summed E-state index contributed by atoms with van der Waals surface area (Å²) in [5, 5.41) is 0.703. The first kappa shape index (κ1) is 21.9. The normalized spacial score (nSPS) is 24.8. The Morgan fingerprint density at radius 3 is 2.62 bits per heavy atom. The second kappa shape index (κ2) is 8.47. The Balaban J connectivity index is 1.28. The van der Waals surface area contributed by atoms with Crippen molar-refractivity contribution in [3.63, 3.8) is 0 Å². The number of thiophene rings is 1. The number of carbonyl (C=O) groups is 2. The van der Waals surface area contributed by atoms with E-state index in [1.54, 1.807) is 16.2 Å². The summed E-state index contributed by atoms with van der Waals surface area (Å²) in [6.45, 7) is 0.859. The van der Waals surface area contributed by atoms with E-state index in [9.17, 15) is 18.0 Å². The second-order valence-electron chi connectivity index (χ2n) is 8.95. The van der Waals surface area contributed by atoms with E-state index in [0.717, 1.165) is 28.2 Å². The van der Waals surface area contributed by atoms with E-state index in [0.29, 0.717) is 24.5 Å². The lowest BCUT2D eigenvalue weighted by Gasteiger charge is -2.26. The molecule has 1 saturated carbocycles. The average molecular weight is 493 g/mol. The third-order valence-corrected chi connectivity index (χ3v) is 9.74. The van der Waals surface area contributed by atoms with Crippen molar-refractivity contribution in [2.75, 3.05) is 18.1 Å².